The van der Waals surface area contributed by atoms with Gasteiger partial charge in [0, 0.05) is 0 Å². The second-order valence-electron chi connectivity index (χ2n) is 8.88. The number of fused-ring (bicyclic) bond motifs is 1. The molecule has 30 heavy (non-hydrogen) atoms. The van der Waals surface area contributed by atoms with Crippen molar-refractivity contribution in [2.24, 2.45) is 11.8 Å². The van der Waals surface area contributed by atoms with E-state index in [4.69, 9.17) is 4.74 Å². The van der Waals surface area contributed by atoms with Gasteiger partial charge in [0.1, 0.15) is 5.75 Å². The van der Waals surface area contributed by atoms with E-state index < -0.39 is 5.97 Å². The Bertz CT molecular complexity index is 1000. The zero-order valence-corrected chi connectivity index (χ0v) is 17.4. The quantitative estimate of drug-likeness (QED) is 0.324. The van der Waals surface area contributed by atoms with Gasteiger partial charge in [-0.3, -0.25) is 14.5 Å². The molecule has 2 aliphatic rings. The third kappa shape index (κ3) is 3.67. The molecule has 0 saturated carbocycles. The summed E-state index contributed by atoms with van der Waals surface area (Å²) in [5.41, 5.74) is 1.86. The summed E-state index contributed by atoms with van der Waals surface area (Å²) in [5, 5.41) is 0. The fourth-order valence-electron chi connectivity index (χ4n) is 4.02. The van der Waals surface area contributed by atoms with Gasteiger partial charge in [-0.1, -0.05) is 51.1 Å². The highest BCUT2D eigenvalue weighted by Gasteiger charge is 2.47. The molecule has 1 fully saturated rings. The van der Waals surface area contributed by atoms with Crippen molar-refractivity contribution in [2.45, 2.75) is 39.0 Å². The number of benzene rings is 2. The highest BCUT2D eigenvalue weighted by molar-refractivity contribution is 6.22. The highest BCUT2D eigenvalue weighted by atomic mass is 16.5. The van der Waals surface area contributed by atoms with Crippen LogP contribution in [-0.4, -0.2) is 17.8 Å². The Labute approximate surface area is 176 Å². The Kier molecular flexibility index (Phi) is 5.06. The van der Waals surface area contributed by atoms with Crippen LogP contribution in [0.25, 0.3) is 0 Å². The average molecular weight is 403 g/mol. The molecule has 5 heteroatoms. The van der Waals surface area contributed by atoms with Crippen molar-refractivity contribution in [3.05, 3.63) is 71.8 Å². The van der Waals surface area contributed by atoms with Crippen LogP contribution in [-0.2, 0) is 15.0 Å². The van der Waals surface area contributed by atoms with Crippen LogP contribution in [0, 0.1) is 11.8 Å². The fourth-order valence-corrected chi connectivity index (χ4v) is 4.02. The van der Waals surface area contributed by atoms with Crippen LogP contribution in [0.4, 0.5) is 5.69 Å². The first kappa shape index (κ1) is 20.1. The summed E-state index contributed by atoms with van der Waals surface area (Å²) in [7, 11) is 0. The smallest absolute Gasteiger partial charge is 0.343 e. The number of rotatable bonds is 3. The minimum absolute atomic E-state index is 0.0123. The van der Waals surface area contributed by atoms with Gasteiger partial charge in [0.05, 0.1) is 23.1 Å². The van der Waals surface area contributed by atoms with E-state index in [0.717, 1.165) is 5.56 Å². The minimum atomic E-state index is -0.529. The van der Waals surface area contributed by atoms with Crippen LogP contribution in [0.1, 0.15) is 49.5 Å². The zero-order chi connectivity index (χ0) is 21.5. The number of imide groups is 1. The lowest BCUT2D eigenvalue weighted by Gasteiger charge is -2.19. The monoisotopic (exact) mass is 403 g/mol. The largest absolute Gasteiger partial charge is 0.423 e. The molecule has 2 atom stereocenters. The van der Waals surface area contributed by atoms with Crippen LogP contribution in [0.15, 0.2) is 60.7 Å². The molecular weight excluding hydrogens is 378 g/mol. The van der Waals surface area contributed by atoms with Crippen LogP contribution < -0.4 is 9.64 Å². The van der Waals surface area contributed by atoms with Crippen molar-refractivity contribution < 1.29 is 19.1 Å². The van der Waals surface area contributed by atoms with E-state index in [-0.39, 0.29) is 29.1 Å². The Hall–Kier alpha value is -3.21. The summed E-state index contributed by atoms with van der Waals surface area (Å²) < 4.78 is 5.50. The third-order valence-corrected chi connectivity index (χ3v) is 5.78. The van der Waals surface area contributed by atoms with Gasteiger partial charge >= 0.3 is 5.97 Å². The molecule has 1 saturated heterocycles. The van der Waals surface area contributed by atoms with Crippen LogP contribution in [0.5, 0.6) is 5.75 Å². The second-order valence-corrected chi connectivity index (χ2v) is 8.88. The number of anilines is 1. The zero-order valence-electron chi connectivity index (χ0n) is 17.4. The maximum absolute atomic E-state index is 12.8. The molecule has 2 aromatic rings. The van der Waals surface area contributed by atoms with E-state index in [1.165, 1.54) is 4.90 Å². The van der Waals surface area contributed by atoms with E-state index in [0.29, 0.717) is 29.8 Å². The molecule has 0 radical (unpaired) electrons. The number of ether oxygens (including phenoxy) is 1. The molecule has 1 aliphatic carbocycles. The van der Waals surface area contributed by atoms with E-state index in [1.54, 1.807) is 36.4 Å². The van der Waals surface area contributed by atoms with Crippen LogP contribution in [0.3, 0.4) is 0 Å². The summed E-state index contributed by atoms with van der Waals surface area (Å²) in [6, 6.07) is 13.9. The first-order valence-corrected chi connectivity index (χ1v) is 10.2. The molecule has 154 valence electrons. The number of amides is 2. The number of carbonyl (C=O) groups is 3. The van der Waals surface area contributed by atoms with Crippen LogP contribution in [0.2, 0.25) is 0 Å². The SMILES string of the molecule is CC(C)(C)c1ccc(OC(=O)c2cccc(N3C(=O)C4CC=CCC4C3=O)c2)cc1. The van der Waals surface area contributed by atoms with Crippen molar-refractivity contribution >= 4 is 23.5 Å². The maximum atomic E-state index is 12.8. The first-order chi connectivity index (χ1) is 14.3. The molecule has 4 rings (SSSR count). The predicted octanol–water partition coefficient (Wildman–Crippen LogP) is 4.66. The van der Waals surface area contributed by atoms with Gasteiger partial charge in [-0.2, -0.15) is 0 Å². The molecular formula is C25H25NO4. The Morgan fingerprint density at radius 1 is 0.933 bits per heavy atom. The van der Waals surface area contributed by atoms with E-state index >= 15 is 0 Å². The third-order valence-electron chi connectivity index (χ3n) is 5.78. The maximum Gasteiger partial charge on any atom is 0.343 e. The van der Waals surface area contributed by atoms with Gasteiger partial charge in [-0.05, 0) is 54.2 Å². The van der Waals surface area contributed by atoms with Crippen LogP contribution >= 0.6 is 0 Å². The molecule has 2 unspecified atom stereocenters. The second kappa shape index (κ2) is 7.56. The lowest BCUT2D eigenvalue weighted by atomic mass is 9.85. The molecule has 5 nitrogen and oxygen atoms in total. The fraction of sp³-hybridized carbons (Fsp3) is 0.320. The van der Waals surface area contributed by atoms with E-state index in [2.05, 4.69) is 20.8 Å². The Balaban J connectivity index is 1.53. The Morgan fingerprint density at radius 3 is 2.10 bits per heavy atom. The lowest BCUT2D eigenvalue weighted by molar-refractivity contribution is -0.122. The molecule has 0 N–H and O–H groups in total. The van der Waals surface area contributed by atoms with Gasteiger partial charge in [-0.15, -0.1) is 0 Å². The van der Waals surface area contributed by atoms with Crippen molar-refractivity contribution in [2.75, 3.05) is 4.90 Å². The van der Waals surface area contributed by atoms with Crippen molar-refractivity contribution in [3.8, 4) is 5.75 Å². The van der Waals surface area contributed by atoms with Gasteiger partial charge in [0.2, 0.25) is 11.8 Å². The van der Waals surface area contributed by atoms with Gasteiger partial charge in [0.15, 0.2) is 0 Å². The number of hydrogen-bond donors (Lipinski definition) is 0. The summed E-state index contributed by atoms with van der Waals surface area (Å²) in [5.74, 6) is -1.09. The van der Waals surface area contributed by atoms with E-state index in [9.17, 15) is 14.4 Å². The summed E-state index contributed by atoms with van der Waals surface area (Å²) in [6.45, 7) is 6.35. The van der Waals surface area contributed by atoms with Crippen molar-refractivity contribution in [1.29, 1.82) is 0 Å². The summed E-state index contributed by atoms with van der Waals surface area (Å²) in [4.78, 5) is 39.5. The molecule has 0 bridgehead atoms. The molecule has 0 aromatic heterocycles. The number of hydrogen-bond acceptors (Lipinski definition) is 4. The number of allylic oxidation sites excluding steroid dienone is 2. The molecule has 2 amide bonds. The molecule has 0 spiro atoms. The van der Waals surface area contributed by atoms with Gasteiger partial charge in [0.25, 0.3) is 0 Å². The normalized spacial score (nSPS) is 21.0. The average Bonchev–Trinajstić information content (AvgIpc) is 2.98. The number of carbonyl (C=O) groups excluding carboxylic acids is 3. The molecule has 1 heterocycles. The molecule has 2 aromatic carbocycles. The number of nitrogens with zero attached hydrogens (tertiary/aromatic N) is 1. The number of esters is 1. The first-order valence-electron chi connectivity index (χ1n) is 10.2. The van der Waals surface area contributed by atoms with Crippen molar-refractivity contribution in [3.63, 3.8) is 0 Å². The lowest BCUT2D eigenvalue weighted by Crippen LogP contribution is -2.31. The van der Waals surface area contributed by atoms with Gasteiger partial charge < -0.3 is 4.74 Å². The predicted molar refractivity (Wildman–Crippen MR) is 114 cm³/mol. The van der Waals surface area contributed by atoms with Gasteiger partial charge in [-0.25, -0.2) is 4.79 Å². The standard InChI is InChI=1S/C25H25NO4/c1-25(2,3)17-11-13-19(14-12-17)30-24(29)16-7-6-8-18(15-16)26-22(27)20-9-4-5-10-21(20)23(26)28/h4-8,11-15,20-21H,9-10H2,1-3H3. The Morgan fingerprint density at radius 2 is 1.53 bits per heavy atom. The minimum Gasteiger partial charge on any atom is -0.423 e. The summed E-state index contributed by atoms with van der Waals surface area (Å²) in [6.07, 6.45) is 5.07. The van der Waals surface area contributed by atoms with Crippen molar-refractivity contribution in [1.82, 2.24) is 0 Å². The van der Waals surface area contributed by atoms with E-state index in [1.807, 2.05) is 24.3 Å². The molecule has 1 aliphatic heterocycles. The summed E-state index contributed by atoms with van der Waals surface area (Å²) >= 11 is 0. The topological polar surface area (TPSA) is 63.7 Å². The highest BCUT2D eigenvalue weighted by Crippen LogP contribution is 2.37.